The Balaban J connectivity index is 1.80. The van der Waals surface area contributed by atoms with Gasteiger partial charge in [-0.15, -0.1) is 0 Å². The number of hydrogen-bond donors (Lipinski definition) is 0. The fraction of sp³-hybridized carbons (Fsp3) is 0.222. The van der Waals surface area contributed by atoms with Crippen molar-refractivity contribution in [3.63, 3.8) is 0 Å². The maximum absolute atomic E-state index is 12.7. The molecule has 0 fully saturated rings. The van der Waals surface area contributed by atoms with Crippen molar-refractivity contribution in [2.24, 2.45) is 0 Å². The van der Waals surface area contributed by atoms with Gasteiger partial charge in [0.05, 0.1) is 7.11 Å². The number of methoxy groups -OCH3 is 1. The van der Waals surface area contributed by atoms with E-state index in [0.717, 1.165) is 38.8 Å². The minimum absolute atomic E-state index is 0.345. The van der Waals surface area contributed by atoms with E-state index in [1.54, 1.807) is 12.0 Å². The quantitative estimate of drug-likeness (QED) is 0.271. The minimum atomic E-state index is -0.345. The molecule has 170 valence electrons. The van der Waals surface area contributed by atoms with Crippen LogP contribution < -0.4 is 9.47 Å². The molecule has 0 unspecified atom stereocenters. The number of halogens is 1. The molecule has 0 radical (unpaired) electrons. The minimum Gasteiger partial charge on any atom is -0.497 e. The lowest BCUT2D eigenvalue weighted by molar-refractivity contribution is 0.157. The molecule has 0 bridgehead atoms. The summed E-state index contributed by atoms with van der Waals surface area (Å²) in [6, 6.07) is 22.1. The maximum atomic E-state index is 12.7. The molecule has 1 heterocycles. The van der Waals surface area contributed by atoms with E-state index in [9.17, 15) is 4.79 Å². The van der Waals surface area contributed by atoms with Crippen molar-refractivity contribution >= 4 is 32.9 Å². The van der Waals surface area contributed by atoms with Crippen LogP contribution in [0.5, 0.6) is 11.5 Å². The first-order valence-corrected chi connectivity index (χ1v) is 11.8. The smallest absolute Gasteiger partial charge is 0.415 e. The van der Waals surface area contributed by atoms with E-state index < -0.39 is 0 Å². The van der Waals surface area contributed by atoms with Crippen molar-refractivity contribution in [1.29, 1.82) is 0 Å². The average Bonchev–Trinajstić information content (AvgIpc) is 3.22. The van der Waals surface area contributed by atoms with Crippen molar-refractivity contribution in [3.05, 3.63) is 83.0 Å². The summed E-state index contributed by atoms with van der Waals surface area (Å²) in [5.41, 5.74) is 4.13. The lowest BCUT2D eigenvalue weighted by Gasteiger charge is -2.20. The lowest BCUT2D eigenvalue weighted by atomic mass is 10.0. The highest BCUT2D eigenvalue weighted by molar-refractivity contribution is 9.10. The third-order valence-corrected chi connectivity index (χ3v) is 6.25. The number of fused-ring (bicyclic) bond motifs is 1. The second-order valence-electron chi connectivity index (χ2n) is 7.71. The highest BCUT2D eigenvalue weighted by Gasteiger charge is 2.19. The van der Waals surface area contributed by atoms with Gasteiger partial charge in [-0.1, -0.05) is 40.2 Å². The number of carbonyl (C=O) groups is 1. The van der Waals surface area contributed by atoms with Gasteiger partial charge in [-0.2, -0.15) is 0 Å². The van der Waals surface area contributed by atoms with E-state index in [1.165, 1.54) is 5.56 Å². The van der Waals surface area contributed by atoms with Gasteiger partial charge in [-0.3, -0.25) is 0 Å². The van der Waals surface area contributed by atoms with Crippen LogP contribution in [0.4, 0.5) is 4.79 Å². The number of amides is 1. The standard InChI is InChI=1S/C27H27BrN2O3/c1-4-29(5-2)27(31)33-25-14-13-24-23(26(25)20-9-11-22(32-3)12-10-20)15-16-30(24)18-19-7-6-8-21(28)17-19/h6-17H,4-5,18H2,1-3H3. The Morgan fingerprint density at radius 1 is 1.00 bits per heavy atom. The fourth-order valence-electron chi connectivity index (χ4n) is 4.00. The van der Waals surface area contributed by atoms with E-state index in [4.69, 9.17) is 9.47 Å². The Morgan fingerprint density at radius 2 is 1.76 bits per heavy atom. The molecular weight excluding hydrogens is 480 g/mol. The van der Waals surface area contributed by atoms with Crippen LogP contribution in [0.2, 0.25) is 0 Å². The third kappa shape index (κ3) is 4.91. The molecule has 1 amide bonds. The number of rotatable bonds is 7. The fourth-order valence-corrected chi connectivity index (χ4v) is 4.45. The SMILES string of the molecule is CCN(CC)C(=O)Oc1ccc2c(ccn2Cc2cccc(Br)c2)c1-c1ccc(OC)cc1. The van der Waals surface area contributed by atoms with E-state index in [1.807, 2.05) is 62.4 Å². The highest BCUT2D eigenvalue weighted by Crippen LogP contribution is 2.39. The Morgan fingerprint density at radius 3 is 2.42 bits per heavy atom. The molecule has 5 nitrogen and oxygen atoms in total. The average molecular weight is 507 g/mol. The lowest BCUT2D eigenvalue weighted by Crippen LogP contribution is -2.33. The summed E-state index contributed by atoms with van der Waals surface area (Å²) >= 11 is 3.55. The number of ether oxygens (including phenoxy) is 2. The van der Waals surface area contributed by atoms with Gasteiger partial charge >= 0.3 is 6.09 Å². The molecule has 4 aromatic rings. The Labute approximate surface area is 202 Å². The van der Waals surface area contributed by atoms with Gasteiger partial charge in [-0.05, 0) is 67.4 Å². The molecule has 0 atom stereocenters. The molecule has 1 aromatic heterocycles. The highest BCUT2D eigenvalue weighted by atomic mass is 79.9. The first-order chi connectivity index (χ1) is 16.0. The monoisotopic (exact) mass is 506 g/mol. The van der Waals surface area contributed by atoms with Crippen LogP contribution in [-0.2, 0) is 6.54 Å². The van der Waals surface area contributed by atoms with Crippen molar-refractivity contribution in [2.45, 2.75) is 20.4 Å². The van der Waals surface area contributed by atoms with Crippen LogP contribution in [0.1, 0.15) is 19.4 Å². The predicted molar refractivity (Wildman–Crippen MR) is 136 cm³/mol. The second-order valence-corrected chi connectivity index (χ2v) is 8.63. The molecule has 0 aliphatic carbocycles. The molecule has 3 aromatic carbocycles. The van der Waals surface area contributed by atoms with Crippen LogP contribution >= 0.6 is 15.9 Å². The number of benzene rings is 3. The molecule has 0 aliphatic rings. The Hall–Kier alpha value is -3.25. The summed E-state index contributed by atoms with van der Waals surface area (Å²) in [6.07, 6.45) is 1.73. The first kappa shape index (κ1) is 22.9. The summed E-state index contributed by atoms with van der Waals surface area (Å²) in [7, 11) is 1.65. The Bertz CT molecular complexity index is 1260. The summed E-state index contributed by atoms with van der Waals surface area (Å²) in [5.74, 6) is 1.32. The van der Waals surface area contributed by atoms with Gasteiger partial charge in [0.25, 0.3) is 0 Å². The van der Waals surface area contributed by atoms with Crippen LogP contribution in [0.3, 0.4) is 0 Å². The molecule has 0 saturated carbocycles. The van der Waals surface area contributed by atoms with Crippen molar-refractivity contribution < 1.29 is 14.3 Å². The summed E-state index contributed by atoms with van der Waals surface area (Å²) in [6.45, 7) is 5.82. The van der Waals surface area contributed by atoms with E-state index >= 15 is 0 Å². The predicted octanol–water partition coefficient (Wildman–Crippen LogP) is 6.97. The van der Waals surface area contributed by atoms with Gasteiger partial charge in [-0.25, -0.2) is 4.79 Å². The molecule has 0 saturated heterocycles. The summed E-state index contributed by atoms with van der Waals surface area (Å²) < 4.78 is 14.5. The van der Waals surface area contributed by atoms with Gasteiger partial charge in [0.15, 0.2) is 0 Å². The van der Waals surface area contributed by atoms with Crippen molar-refractivity contribution in [3.8, 4) is 22.6 Å². The molecule has 4 rings (SSSR count). The number of aromatic nitrogens is 1. The molecular formula is C27H27BrN2O3. The normalized spacial score (nSPS) is 10.9. The zero-order valence-corrected chi connectivity index (χ0v) is 20.6. The number of nitrogens with zero attached hydrogens (tertiary/aromatic N) is 2. The second kappa shape index (κ2) is 10.1. The van der Waals surface area contributed by atoms with Crippen LogP contribution in [0.15, 0.2) is 77.4 Å². The largest absolute Gasteiger partial charge is 0.497 e. The molecule has 6 heteroatoms. The number of carbonyl (C=O) groups excluding carboxylic acids is 1. The summed E-state index contributed by atoms with van der Waals surface area (Å²) in [5, 5.41) is 1.03. The topological polar surface area (TPSA) is 43.7 Å². The van der Waals surface area contributed by atoms with Crippen LogP contribution in [0.25, 0.3) is 22.0 Å². The van der Waals surface area contributed by atoms with E-state index in [-0.39, 0.29) is 6.09 Å². The van der Waals surface area contributed by atoms with Gasteiger partial charge < -0.3 is 18.9 Å². The first-order valence-electron chi connectivity index (χ1n) is 11.0. The van der Waals surface area contributed by atoms with Gasteiger partial charge in [0, 0.05) is 46.8 Å². The van der Waals surface area contributed by atoms with Crippen molar-refractivity contribution in [2.75, 3.05) is 20.2 Å². The Kier molecular flexibility index (Phi) is 7.04. The maximum Gasteiger partial charge on any atom is 0.415 e. The molecule has 0 N–H and O–H groups in total. The van der Waals surface area contributed by atoms with Gasteiger partial charge in [0.1, 0.15) is 11.5 Å². The summed E-state index contributed by atoms with van der Waals surface area (Å²) in [4.78, 5) is 14.4. The van der Waals surface area contributed by atoms with E-state index in [0.29, 0.717) is 18.8 Å². The molecule has 33 heavy (non-hydrogen) atoms. The van der Waals surface area contributed by atoms with Gasteiger partial charge in [0.2, 0.25) is 0 Å². The number of hydrogen-bond acceptors (Lipinski definition) is 3. The zero-order chi connectivity index (χ0) is 23.4. The van der Waals surface area contributed by atoms with E-state index in [2.05, 4.69) is 44.9 Å². The van der Waals surface area contributed by atoms with Crippen LogP contribution in [-0.4, -0.2) is 35.8 Å². The third-order valence-electron chi connectivity index (χ3n) is 5.75. The molecule has 0 aliphatic heterocycles. The van der Waals surface area contributed by atoms with Crippen LogP contribution in [0, 0.1) is 0 Å². The van der Waals surface area contributed by atoms with Crippen molar-refractivity contribution in [1.82, 2.24) is 9.47 Å². The zero-order valence-electron chi connectivity index (χ0n) is 19.0. The molecule has 0 spiro atoms.